The van der Waals surface area contributed by atoms with Crippen molar-refractivity contribution in [1.82, 2.24) is 4.98 Å². The number of carboxylic acids is 1. The van der Waals surface area contributed by atoms with Crippen molar-refractivity contribution >= 4 is 21.9 Å². The van der Waals surface area contributed by atoms with E-state index in [1.54, 1.807) is 18.2 Å². The van der Waals surface area contributed by atoms with Crippen molar-refractivity contribution in [3.63, 3.8) is 0 Å². The maximum absolute atomic E-state index is 11.1. The van der Waals surface area contributed by atoms with E-state index in [-0.39, 0.29) is 11.4 Å². The van der Waals surface area contributed by atoms with Gasteiger partial charge in [-0.3, -0.25) is 0 Å². The van der Waals surface area contributed by atoms with Crippen molar-refractivity contribution in [3.05, 3.63) is 52.1 Å². The molecular weight excluding hydrogens is 312 g/mol. The van der Waals surface area contributed by atoms with Gasteiger partial charge in [0.2, 0.25) is 5.88 Å². The normalized spacial score (nSPS) is 9.68. The van der Waals surface area contributed by atoms with E-state index in [0.29, 0.717) is 15.8 Å². The molecule has 0 saturated heterocycles. The van der Waals surface area contributed by atoms with Crippen LogP contribution in [0.2, 0.25) is 0 Å². The molecule has 0 aliphatic heterocycles. The first kappa shape index (κ1) is 13.1. The number of nitrogens with zero attached hydrogens (tertiary/aromatic N) is 2. The fourth-order valence-corrected chi connectivity index (χ4v) is 1.73. The van der Waals surface area contributed by atoms with Crippen molar-refractivity contribution in [2.75, 3.05) is 0 Å². The van der Waals surface area contributed by atoms with E-state index in [1.807, 2.05) is 6.07 Å². The van der Waals surface area contributed by atoms with E-state index in [1.165, 1.54) is 18.3 Å². The molecule has 1 N–H and O–H groups in total. The Morgan fingerprint density at radius 1 is 1.42 bits per heavy atom. The second-order valence-electron chi connectivity index (χ2n) is 3.55. The molecule has 0 unspecified atom stereocenters. The summed E-state index contributed by atoms with van der Waals surface area (Å²) in [6.45, 7) is 0. The molecule has 6 heteroatoms. The van der Waals surface area contributed by atoms with Gasteiger partial charge >= 0.3 is 5.97 Å². The zero-order valence-electron chi connectivity index (χ0n) is 9.50. The van der Waals surface area contributed by atoms with Crippen LogP contribution < -0.4 is 4.74 Å². The summed E-state index contributed by atoms with van der Waals surface area (Å²) in [6.07, 6.45) is 1.44. The first-order valence-corrected chi connectivity index (χ1v) is 5.96. The maximum atomic E-state index is 11.1. The average Bonchev–Trinajstić information content (AvgIpc) is 2.41. The van der Waals surface area contributed by atoms with Crippen molar-refractivity contribution in [2.24, 2.45) is 0 Å². The zero-order chi connectivity index (χ0) is 13.8. The van der Waals surface area contributed by atoms with Gasteiger partial charge in [0.25, 0.3) is 0 Å². The molecule has 5 nitrogen and oxygen atoms in total. The fraction of sp³-hybridized carbons (Fsp3) is 0. The van der Waals surface area contributed by atoms with Crippen molar-refractivity contribution in [1.29, 1.82) is 5.26 Å². The summed E-state index contributed by atoms with van der Waals surface area (Å²) in [4.78, 5) is 15.0. The molecule has 0 spiro atoms. The smallest absolute Gasteiger partial charge is 0.341 e. The Bertz CT molecular complexity index is 680. The topological polar surface area (TPSA) is 83.2 Å². The third kappa shape index (κ3) is 3.09. The Labute approximate surface area is 117 Å². The lowest BCUT2D eigenvalue weighted by Crippen LogP contribution is -2.02. The lowest BCUT2D eigenvalue weighted by Gasteiger charge is -2.07. The molecule has 1 heterocycles. The molecule has 0 aliphatic carbocycles. The van der Waals surface area contributed by atoms with Gasteiger partial charge in [-0.1, -0.05) is 6.07 Å². The number of halogens is 1. The predicted molar refractivity (Wildman–Crippen MR) is 70.1 cm³/mol. The number of hydrogen-bond donors (Lipinski definition) is 1. The molecule has 19 heavy (non-hydrogen) atoms. The fourth-order valence-electron chi connectivity index (χ4n) is 1.40. The first-order chi connectivity index (χ1) is 9.10. The van der Waals surface area contributed by atoms with E-state index in [9.17, 15) is 4.79 Å². The van der Waals surface area contributed by atoms with Gasteiger partial charge < -0.3 is 9.84 Å². The summed E-state index contributed by atoms with van der Waals surface area (Å²) in [5, 5.41) is 17.9. The number of rotatable bonds is 3. The molecule has 2 rings (SSSR count). The summed E-state index contributed by atoms with van der Waals surface area (Å²) in [7, 11) is 0. The van der Waals surface area contributed by atoms with Gasteiger partial charge in [0.05, 0.1) is 11.6 Å². The average molecular weight is 319 g/mol. The summed E-state index contributed by atoms with van der Waals surface area (Å²) in [5.74, 6) is -0.803. The lowest BCUT2D eigenvalue weighted by molar-refractivity contribution is 0.0693. The van der Waals surface area contributed by atoms with Crippen LogP contribution in [0, 0.1) is 11.3 Å². The number of benzene rings is 1. The van der Waals surface area contributed by atoms with Gasteiger partial charge in [0, 0.05) is 10.7 Å². The number of aromatic carboxylic acids is 1. The Morgan fingerprint density at radius 3 is 2.89 bits per heavy atom. The highest BCUT2D eigenvalue weighted by Crippen LogP contribution is 2.26. The number of nitriles is 1. The molecule has 0 bridgehead atoms. The van der Waals surface area contributed by atoms with Crippen LogP contribution in [-0.2, 0) is 0 Å². The zero-order valence-corrected chi connectivity index (χ0v) is 11.1. The van der Waals surface area contributed by atoms with E-state index < -0.39 is 5.97 Å². The third-order valence-corrected chi connectivity index (χ3v) is 2.66. The number of pyridine rings is 1. The monoisotopic (exact) mass is 318 g/mol. The minimum Gasteiger partial charge on any atom is -0.477 e. The van der Waals surface area contributed by atoms with Crippen LogP contribution in [0.15, 0.2) is 41.0 Å². The summed E-state index contributed by atoms with van der Waals surface area (Å²) in [6, 6.07) is 9.78. The van der Waals surface area contributed by atoms with Gasteiger partial charge in [-0.2, -0.15) is 5.26 Å². The summed E-state index contributed by atoms with van der Waals surface area (Å²) in [5.41, 5.74) is 0.364. The molecule has 0 radical (unpaired) electrons. The second-order valence-corrected chi connectivity index (χ2v) is 4.47. The van der Waals surface area contributed by atoms with Gasteiger partial charge in [-0.05, 0) is 40.2 Å². The highest BCUT2D eigenvalue weighted by atomic mass is 79.9. The standard InChI is InChI=1S/C13H7BrN2O3/c14-9-5-11(13(17)18)12(16-7-9)19-10-3-1-2-8(4-10)6-15/h1-5,7H,(H,17,18). The van der Waals surface area contributed by atoms with E-state index >= 15 is 0 Å². The Hall–Kier alpha value is -2.39. The molecule has 1 aromatic carbocycles. The molecule has 0 atom stereocenters. The molecule has 0 amide bonds. The van der Waals surface area contributed by atoms with Crippen molar-refractivity contribution in [3.8, 4) is 17.7 Å². The Morgan fingerprint density at radius 2 is 2.21 bits per heavy atom. The number of aromatic nitrogens is 1. The molecule has 0 fully saturated rings. The van der Waals surface area contributed by atoms with Crippen LogP contribution in [0.4, 0.5) is 0 Å². The largest absolute Gasteiger partial charge is 0.477 e. The maximum Gasteiger partial charge on any atom is 0.341 e. The number of ether oxygens (including phenoxy) is 1. The molecule has 0 saturated carbocycles. The minimum absolute atomic E-state index is 0.0224. The van der Waals surface area contributed by atoms with E-state index in [4.69, 9.17) is 15.1 Å². The molecular formula is C13H7BrN2O3. The first-order valence-electron chi connectivity index (χ1n) is 5.17. The van der Waals surface area contributed by atoms with Gasteiger partial charge in [-0.15, -0.1) is 0 Å². The van der Waals surface area contributed by atoms with Crippen molar-refractivity contribution in [2.45, 2.75) is 0 Å². The van der Waals surface area contributed by atoms with Crippen LogP contribution >= 0.6 is 15.9 Å². The number of hydrogen-bond acceptors (Lipinski definition) is 4. The highest BCUT2D eigenvalue weighted by Gasteiger charge is 2.14. The third-order valence-electron chi connectivity index (χ3n) is 2.23. The number of carboxylic acid groups (broad SMARTS) is 1. The quantitative estimate of drug-likeness (QED) is 0.939. The van der Waals surface area contributed by atoms with Crippen LogP contribution in [0.3, 0.4) is 0 Å². The van der Waals surface area contributed by atoms with Gasteiger partial charge in [0.15, 0.2) is 0 Å². The van der Waals surface area contributed by atoms with E-state index in [0.717, 1.165) is 0 Å². The van der Waals surface area contributed by atoms with Gasteiger partial charge in [-0.25, -0.2) is 9.78 Å². The predicted octanol–water partition coefficient (Wildman–Crippen LogP) is 3.21. The summed E-state index contributed by atoms with van der Waals surface area (Å²) < 4.78 is 5.95. The van der Waals surface area contributed by atoms with Crippen molar-refractivity contribution < 1.29 is 14.6 Å². The van der Waals surface area contributed by atoms with Crippen LogP contribution in [0.1, 0.15) is 15.9 Å². The van der Waals surface area contributed by atoms with Crippen LogP contribution in [0.25, 0.3) is 0 Å². The van der Waals surface area contributed by atoms with Crippen LogP contribution in [-0.4, -0.2) is 16.1 Å². The minimum atomic E-state index is -1.14. The lowest BCUT2D eigenvalue weighted by atomic mass is 10.2. The molecule has 2 aromatic rings. The van der Waals surface area contributed by atoms with Gasteiger partial charge in [0.1, 0.15) is 11.3 Å². The molecule has 1 aromatic heterocycles. The van der Waals surface area contributed by atoms with E-state index in [2.05, 4.69) is 20.9 Å². The number of carbonyl (C=O) groups is 1. The second kappa shape index (κ2) is 5.50. The molecule has 94 valence electrons. The molecule has 0 aliphatic rings. The van der Waals surface area contributed by atoms with Crippen LogP contribution in [0.5, 0.6) is 11.6 Å². The Balaban J connectivity index is 2.38. The SMILES string of the molecule is N#Cc1cccc(Oc2ncc(Br)cc2C(=O)O)c1. The summed E-state index contributed by atoms with van der Waals surface area (Å²) >= 11 is 3.15. The highest BCUT2D eigenvalue weighted by molar-refractivity contribution is 9.10. The Kier molecular flexibility index (Phi) is 3.78.